The molecule has 3 nitrogen and oxygen atoms in total. The number of nitrogens with zero attached hydrogens (tertiary/aromatic N) is 1. The van der Waals surface area contributed by atoms with Gasteiger partial charge in [0.2, 0.25) is 0 Å². The second-order valence-electron chi connectivity index (χ2n) is 2.65. The van der Waals surface area contributed by atoms with E-state index in [1.54, 1.807) is 6.20 Å². The summed E-state index contributed by atoms with van der Waals surface area (Å²) in [7, 11) is 0. The van der Waals surface area contributed by atoms with E-state index in [4.69, 9.17) is 5.73 Å². The maximum absolute atomic E-state index is 9.92. The smallest absolute Gasteiger partial charge is 0.180 e. The van der Waals surface area contributed by atoms with Crippen molar-refractivity contribution in [3.63, 3.8) is 0 Å². The van der Waals surface area contributed by atoms with E-state index in [0.717, 1.165) is 13.5 Å². The van der Waals surface area contributed by atoms with Gasteiger partial charge >= 0.3 is 0 Å². The predicted molar refractivity (Wildman–Crippen MR) is 62.6 cm³/mol. The molecule has 0 aliphatic carbocycles. The molecule has 2 aromatic rings. The van der Waals surface area contributed by atoms with Crippen LogP contribution in [-0.2, 0) is 0 Å². The number of thiazole rings is 1. The zero-order valence-corrected chi connectivity index (χ0v) is 10.2. The van der Waals surface area contributed by atoms with Gasteiger partial charge in [0, 0.05) is 11.1 Å². The molecule has 2 heterocycles. The van der Waals surface area contributed by atoms with Crippen LogP contribution in [0.2, 0.25) is 0 Å². The van der Waals surface area contributed by atoms with Gasteiger partial charge in [-0.05, 0) is 28.1 Å². The van der Waals surface area contributed by atoms with Crippen molar-refractivity contribution in [1.82, 2.24) is 4.98 Å². The van der Waals surface area contributed by atoms with Crippen LogP contribution in [0.3, 0.4) is 0 Å². The highest BCUT2D eigenvalue weighted by Gasteiger charge is 2.15. The first-order valence-corrected chi connectivity index (χ1v) is 6.24. The van der Waals surface area contributed by atoms with Gasteiger partial charge in [-0.3, -0.25) is 0 Å². The molecule has 3 N–H and O–H groups in total. The van der Waals surface area contributed by atoms with E-state index in [9.17, 15) is 5.11 Å². The molecule has 0 bridgehead atoms. The molecular weight excluding hydrogens is 284 g/mol. The van der Waals surface area contributed by atoms with Crippen LogP contribution >= 0.6 is 38.6 Å². The van der Waals surface area contributed by atoms with Gasteiger partial charge in [-0.1, -0.05) is 11.3 Å². The SMILES string of the molecule is Nc1ncc(C(O)c2ccc(Br)s2)s1. The number of halogens is 1. The molecule has 0 saturated heterocycles. The number of nitrogen functional groups attached to an aromatic ring is 1. The summed E-state index contributed by atoms with van der Waals surface area (Å²) in [6.45, 7) is 0. The third kappa shape index (κ3) is 1.98. The standard InChI is InChI=1S/C8H7BrN2OS2/c9-6-2-1-4(13-6)7(12)5-3-11-8(10)14-5/h1-3,7,12H,(H2,10,11). The number of rotatable bonds is 2. The number of hydrogen-bond acceptors (Lipinski definition) is 5. The zero-order valence-electron chi connectivity index (χ0n) is 6.98. The quantitative estimate of drug-likeness (QED) is 0.894. The second-order valence-corrected chi connectivity index (χ2v) is 6.23. The molecule has 0 fully saturated rings. The van der Waals surface area contributed by atoms with E-state index in [1.807, 2.05) is 12.1 Å². The Morgan fingerprint density at radius 1 is 1.36 bits per heavy atom. The summed E-state index contributed by atoms with van der Waals surface area (Å²) < 4.78 is 1.00. The summed E-state index contributed by atoms with van der Waals surface area (Å²) in [4.78, 5) is 5.56. The maximum atomic E-state index is 9.92. The van der Waals surface area contributed by atoms with E-state index < -0.39 is 6.10 Å². The summed E-state index contributed by atoms with van der Waals surface area (Å²) in [5, 5.41) is 10.4. The van der Waals surface area contributed by atoms with Crippen molar-refractivity contribution in [3.05, 3.63) is 31.9 Å². The average Bonchev–Trinajstić information content (AvgIpc) is 2.73. The Balaban J connectivity index is 2.28. The number of anilines is 1. The first kappa shape index (κ1) is 10.1. The van der Waals surface area contributed by atoms with Gasteiger partial charge in [-0.25, -0.2) is 4.98 Å². The Morgan fingerprint density at radius 3 is 2.64 bits per heavy atom. The monoisotopic (exact) mass is 290 g/mol. The first-order valence-electron chi connectivity index (χ1n) is 3.81. The molecule has 1 unspecified atom stereocenters. The fraction of sp³-hybridized carbons (Fsp3) is 0.125. The summed E-state index contributed by atoms with van der Waals surface area (Å²) in [6.07, 6.45) is 0.999. The average molecular weight is 291 g/mol. The topological polar surface area (TPSA) is 59.1 Å². The Labute approximate surface area is 97.4 Å². The number of thiophene rings is 1. The number of hydrogen-bond donors (Lipinski definition) is 2. The van der Waals surface area contributed by atoms with Gasteiger partial charge in [0.15, 0.2) is 5.13 Å². The number of nitrogens with two attached hydrogens (primary N) is 1. The lowest BCUT2D eigenvalue weighted by Gasteiger charge is -2.03. The summed E-state index contributed by atoms with van der Waals surface area (Å²) >= 11 is 6.16. The van der Waals surface area contributed by atoms with E-state index in [0.29, 0.717) is 5.13 Å². The van der Waals surface area contributed by atoms with Crippen molar-refractivity contribution in [2.45, 2.75) is 6.10 Å². The molecule has 14 heavy (non-hydrogen) atoms. The van der Waals surface area contributed by atoms with E-state index in [-0.39, 0.29) is 0 Å². The second kappa shape index (κ2) is 3.98. The largest absolute Gasteiger partial charge is 0.382 e. The van der Waals surface area contributed by atoms with Gasteiger partial charge in [0.05, 0.1) is 8.66 Å². The lowest BCUT2D eigenvalue weighted by atomic mass is 10.3. The van der Waals surface area contributed by atoms with Crippen molar-refractivity contribution < 1.29 is 5.11 Å². The number of aliphatic hydroxyl groups is 1. The highest BCUT2D eigenvalue weighted by molar-refractivity contribution is 9.11. The van der Waals surface area contributed by atoms with E-state index in [2.05, 4.69) is 20.9 Å². The Morgan fingerprint density at radius 2 is 2.14 bits per heavy atom. The van der Waals surface area contributed by atoms with Crippen LogP contribution in [0, 0.1) is 0 Å². The van der Waals surface area contributed by atoms with Crippen LogP contribution < -0.4 is 5.73 Å². The van der Waals surface area contributed by atoms with Gasteiger partial charge in [-0.2, -0.15) is 0 Å². The highest BCUT2D eigenvalue weighted by Crippen LogP contribution is 2.33. The minimum atomic E-state index is -0.610. The van der Waals surface area contributed by atoms with Crippen molar-refractivity contribution in [3.8, 4) is 0 Å². The van der Waals surface area contributed by atoms with Gasteiger partial charge < -0.3 is 10.8 Å². The fourth-order valence-corrected chi connectivity index (χ4v) is 3.24. The molecule has 0 aliphatic heterocycles. The molecule has 0 spiro atoms. The van der Waals surface area contributed by atoms with Crippen molar-refractivity contribution in [1.29, 1.82) is 0 Å². The van der Waals surface area contributed by atoms with Gasteiger partial charge in [0.1, 0.15) is 6.10 Å². The van der Waals surface area contributed by atoms with E-state index in [1.165, 1.54) is 22.7 Å². The Kier molecular flexibility index (Phi) is 2.87. The first-order chi connectivity index (χ1) is 6.66. The molecular formula is C8H7BrN2OS2. The van der Waals surface area contributed by atoms with Crippen LogP contribution in [0.1, 0.15) is 15.9 Å². The maximum Gasteiger partial charge on any atom is 0.180 e. The molecule has 0 saturated carbocycles. The Hall–Kier alpha value is -0.430. The fourth-order valence-electron chi connectivity index (χ4n) is 1.04. The Bertz CT molecular complexity index is 400. The van der Waals surface area contributed by atoms with Gasteiger partial charge in [-0.15, -0.1) is 11.3 Å². The minimum absolute atomic E-state index is 0.481. The molecule has 0 amide bonds. The molecule has 6 heteroatoms. The third-order valence-corrected chi connectivity index (χ3v) is 4.23. The summed E-state index contributed by atoms with van der Waals surface area (Å²) in [5.41, 5.74) is 5.49. The van der Waals surface area contributed by atoms with Crippen LogP contribution in [-0.4, -0.2) is 10.1 Å². The normalized spacial score (nSPS) is 13.0. The predicted octanol–water partition coefficient (Wildman–Crippen LogP) is 2.63. The molecule has 0 aliphatic rings. The minimum Gasteiger partial charge on any atom is -0.382 e. The van der Waals surface area contributed by atoms with Crippen molar-refractivity contribution in [2.75, 3.05) is 5.73 Å². The summed E-state index contributed by atoms with van der Waals surface area (Å²) in [5.74, 6) is 0. The molecule has 74 valence electrons. The lowest BCUT2D eigenvalue weighted by molar-refractivity contribution is 0.228. The molecule has 2 aromatic heterocycles. The van der Waals surface area contributed by atoms with Crippen LogP contribution in [0.5, 0.6) is 0 Å². The third-order valence-electron chi connectivity index (χ3n) is 1.67. The highest BCUT2D eigenvalue weighted by atomic mass is 79.9. The van der Waals surface area contributed by atoms with E-state index >= 15 is 0 Å². The molecule has 2 rings (SSSR count). The summed E-state index contributed by atoms with van der Waals surface area (Å²) in [6, 6.07) is 3.79. The number of aliphatic hydroxyl groups excluding tert-OH is 1. The molecule has 0 radical (unpaired) electrons. The number of aromatic nitrogens is 1. The van der Waals surface area contributed by atoms with Crippen LogP contribution in [0.25, 0.3) is 0 Å². The van der Waals surface area contributed by atoms with Crippen molar-refractivity contribution >= 4 is 43.7 Å². The zero-order chi connectivity index (χ0) is 10.1. The van der Waals surface area contributed by atoms with Crippen LogP contribution in [0.4, 0.5) is 5.13 Å². The lowest BCUT2D eigenvalue weighted by Crippen LogP contribution is -1.92. The van der Waals surface area contributed by atoms with Crippen molar-refractivity contribution in [2.24, 2.45) is 0 Å². The van der Waals surface area contributed by atoms with Gasteiger partial charge in [0.25, 0.3) is 0 Å². The molecule has 0 aromatic carbocycles. The van der Waals surface area contributed by atoms with Crippen LogP contribution in [0.15, 0.2) is 22.1 Å². The molecule has 1 atom stereocenters.